The highest BCUT2D eigenvalue weighted by Crippen LogP contribution is 2.28. The van der Waals surface area contributed by atoms with Gasteiger partial charge in [-0.1, -0.05) is 44.2 Å². The number of hydrogen-bond acceptors (Lipinski definition) is 2. The van der Waals surface area contributed by atoms with Crippen LogP contribution >= 0.6 is 0 Å². The van der Waals surface area contributed by atoms with Crippen molar-refractivity contribution in [3.05, 3.63) is 64.7 Å². The first kappa shape index (κ1) is 14.3. The number of carbonyl (C=O) groups excluding carboxylic acids is 1. The summed E-state index contributed by atoms with van der Waals surface area (Å²) in [4.78, 5) is 12.7. The molecule has 2 rings (SSSR count). The van der Waals surface area contributed by atoms with E-state index in [-0.39, 0.29) is 5.78 Å². The van der Waals surface area contributed by atoms with Crippen molar-refractivity contribution in [1.29, 1.82) is 0 Å². The molecule has 0 atom stereocenters. The van der Waals surface area contributed by atoms with E-state index in [1.54, 1.807) is 7.11 Å². The van der Waals surface area contributed by atoms with Gasteiger partial charge in [0.25, 0.3) is 0 Å². The van der Waals surface area contributed by atoms with Crippen molar-refractivity contribution in [2.24, 2.45) is 0 Å². The summed E-state index contributed by atoms with van der Waals surface area (Å²) in [6, 6.07) is 13.2. The lowest BCUT2D eigenvalue weighted by Crippen LogP contribution is -2.08. The van der Waals surface area contributed by atoms with E-state index in [1.165, 1.54) is 0 Å². The van der Waals surface area contributed by atoms with Crippen LogP contribution in [-0.4, -0.2) is 12.9 Å². The Morgan fingerprint density at radius 3 is 2.15 bits per heavy atom. The van der Waals surface area contributed by atoms with Gasteiger partial charge in [0.1, 0.15) is 5.75 Å². The van der Waals surface area contributed by atoms with Crippen molar-refractivity contribution in [1.82, 2.24) is 0 Å². The van der Waals surface area contributed by atoms with Gasteiger partial charge in [-0.3, -0.25) is 4.79 Å². The van der Waals surface area contributed by atoms with Gasteiger partial charge in [-0.2, -0.15) is 0 Å². The first-order valence-corrected chi connectivity index (χ1v) is 7.01. The Balaban J connectivity index is 2.55. The Hall–Kier alpha value is -2.09. The molecule has 0 fully saturated rings. The number of ether oxygens (including phenoxy) is 1. The van der Waals surface area contributed by atoms with E-state index in [1.807, 2.05) is 42.5 Å². The van der Waals surface area contributed by atoms with Crippen LogP contribution in [0.15, 0.2) is 42.5 Å². The second-order valence-corrected chi connectivity index (χ2v) is 4.67. The summed E-state index contributed by atoms with van der Waals surface area (Å²) in [5.74, 6) is 0.953. The Labute approximate surface area is 120 Å². The molecular weight excluding hydrogens is 248 g/mol. The van der Waals surface area contributed by atoms with Crippen molar-refractivity contribution < 1.29 is 9.53 Å². The van der Waals surface area contributed by atoms with E-state index >= 15 is 0 Å². The van der Waals surface area contributed by atoms with Gasteiger partial charge < -0.3 is 4.74 Å². The lowest BCUT2D eigenvalue weighted by Gasteiger charge is -2.15. The minimum absolute atomic E-state index is 0.0832. The summed E-state index contributed by atoms with van der Waals surface area (Å²) in [6.45, 7) is 4.17. The highest BCUT2D eigenvalue weighted by atomic mass is 16.5. The molecule has 2 aromatic rings. The number of hydrogen-bond donors (Lipinski definition) is 0. The van der Waals surface area contributed by atoms with Crippen LogP contribution in [-0.2, 0) is 12.8 Å². The fraction of sp³-hybridized carbons (Fsp3) is 0.278. The molecule has 104 valence electrons. The average molecular weight is 268 g/mol. The third kappa shape index (κ3) is 2.60. The summed E-state index contributed by atoms with van der Waals surface area (Å²) in [5, 5.41) is 0. The molecule has 0 N–H and O–H groups in total. The zero-order chi connectivity index (χ0) is 14.5. The van der Waals surface area contributed by atoms with Gasteiger partial charge in [-0.15, -0.1) is 0 Å². The molecule has 0 aliphatic heterocycles. The van der Waals surface area contributed by atoms with Gasteiger partial charge in [0.2, 0.25) is 0 Å². The lowest BCUT2D eigenvalue weighted by molar-refractivity contribution is 0.103. The molecule has 2 nitrogen and oxygen atoms in total. The van der Waals surface area contributed by atoms with Gasteiger partial charge in [0.05, 0.1) is 7.11 Å². The maximum Gasteiger partial charge on any atom is 0.193 e. The molecule has 0 saturated heterocycles. The zero-order valence-corrected chi connectivity index (χ0v) is 12.3. The molecule has 0 heterocycles. The third-order valence-electron chi connectivity index (χ3n) is 3.60. The largest absolute Gasteiger partial charge is 0.496 e. The molecule has 0 aliphatic rings. The Kier molecular flexibility index (Phi) is 4.57. The smallest absolute Gasteiger partial charge is 0.193 e. The quantitative estimate of drug-likeness (QED) is 0.765. The molecule has 0 amide bonds. The molecule has 0 spiro atoms. The van der Waals surface area contributed by atoms with Crippen molar-refractivity contribution >= 4 is 5.78 Å². The second-order valence-electron chi connectivity index (χ2n) is 4.67. The molecule has 0 radical (unpaired) electrons. The normalized spacial score (nSPS) is 10.3. The maximum atomic E-state index is 12.7. The number of rotatable bonds is 5. The highest BCUT2D eigenvalue weighted by Gasteiger charge is 2.17. The molecule has 0 bridgehead atoms. The van der Waals surface area contributed by atoms with Gasteiger partial charge in [0, 0.05) is 11.1 Å². The fourth-order valence-electron chi connectivity index (χ4n) is 2.61. The van der Waals surface area contributed by atoms with Crippen LogP contribution in [0.4, 0.5) is 0 Å². The summed E-state index contributed by atoms with van der Waals surface area (Å²) in [5.41, 5.74) is 3.75. The van der Waals surface area contributed by atoms with Gasteiger partial charge in [-0.05, 0) is 36.1 Å². The second kappa shape index (κ2) is 6.38. The van der Waals surface area contributed by atoms with Crippen LogP contribution in [0.25, 0.3) is 0 Å². The van der Waals surface area contributed by atoms with Crippen LogP contribution in [0.3, 0.4) is 0 Å². The average Bonchev–Trinajstić information content (AvgIpc) is 2.53. The first-order chi connectivity index (χ1) is 9.72. The van der Waals surface area contributed by atoms with Crippen LogP contribution in [0, 0.1) is 0 Å². The van der Waals surface area contributed by atoms with Gasteiger partial charge >= 0.3 is 0 Å². The molecule has 2 aromatic carbocycles. The zero-order valence-electron chi connectivity index (χ0n) is 12.3. The van der Waals surface area contributed by atoms with Crippen LogP contribution in [0.1, 0.15) is 40.9 Å². The maximum absolute atomic E-state index is 12.7. The molecule has 0 saturated carbocycles. The summed E-state index contributed by atoms with van der Waals surface area (Å²) >= 11 is 0. The van der Waals surface area contributed by atoms with E-state index in [0.29, 0.717) is 0 Å². The number of methoxy groups -OCH3 is 1. The Morgan fingerprint density at radius 2 is 1.60 bits per heavy atom. The molecule has 0 unspecified atom stereocenters. The summed E-state index contributed by atoms with van der Waals surface area (Å²) in [7, 11) is 1.67. The van der Waals surface area contributed by atoms with Crippen molar-refractivity contribution in [3.8, 4) is 5.75 Å². The van der Waals surface area contributed by atoms with E-state index in [2.05, 4.69) is 13.8 Å². The minimum Gasteiger partial charge on any atom is -0.496 e. The standard InChI is InChI=1S/C18H20O2/c1-4-14-15(5-2)17(20-3)12-11-16(14)18(19)13-9-7-6-8-10-13/h6-12H,4-5H2,1-3H3. The summed E-state index contributed by atoms with van der Waals surface area (Å²) < 4.78 is 5.41. The van der Waals surface area contributed by atoms with E-state index < -0.39 is 0 Å². The highest BCUT2D eigenvalue weighted by molar-refractivity contribution is 6.10. The number of ketones is 1. The topological polar surface area (TPSA) is 26.3 Å². The molecule has 0 aliphatic carbocycles. The Morgan fingerprint density at radius 1 is 0.950 bits per heavy atom. The number of benzene rings is 2. The molecule has 20 heavy (non-hydrogen) atoms. The Bertz CT molecular complexity index is 600. The van der Waals surface area contributed by atoms with Crippen molar-refractivity contribution in [2.75, 3.05) is 7.11 Å². The van der Waals surface area contributed by atoms with Gasteiger partial charge in [-0.25, -0.2) is 0 Å². The minimum atomic E-state index is 0.0832. The van der Waals surface area contributed by atoms with E-state index in [9.17, 15) is 4.79 Å². The number of carbonyl (C=O) groups is 1. The molecule has 0 aromatic heterocycles. The van der Waals surface area contributed by atoms with Gasteiger partial charge in [0.15, 0.2) is 5.78 Å². The predicted molar refractivity (Wildman–Crippen MR) is 81.6 cm³/mol. The molecular formula is C18H20O2. The fourth-order valence-corrected chi connectivity index (χ4v) is 2.61. The van der Waals surface area contributed by atoms with Crippen LogP contribution in [0.5, 0.6) is 5.75 Å². The van der Waals surface area contributed by atoms with Crippen molar-refractivity contribution in [2.45, 2.75) is 26.7 Å². The first-order valence-electron chi connectivity index (χ1n) is 7.01. The van der Waals surface area contributed by atoms with Crippen LogP contribution < -0.4 is 4.74 Å². The SMILES string of the molecule is CCc1c(OC)ccc(C(=O)c2ccccc2)c1CC. The lowest BCUT2D eigenvalue weighted by atomic mass is 9.91. The monoisotopic (exact) mass is 268 g/mol. The summed E-state index contributed by atoms with van der Waals surface area (Å²) in [6.07, 6.45) is 1.69. The third-order valence-corrected chi connectivity index (χ3v) is 3.60. The van der Waals surface area contributed by atoms with Crippen molar-refractivity contribution in [3.63, 3.8) is 0 Å². The van der Waals surface area contributed by atoms with Crippen LogP contribution in [0.2, 0.25) is 0 Å². The van der Waals surface area contributed by atoms with E-state index in [4.69, 9.17) is 4.74 Å². The molecule has 2 heteroatoms. The predicted octanol–water partition coefficient (Wildman–Crippen LogP) is 4.05. The van der Waals surface area contributed by atoms with E-state index in [0.717, 1.165) is 40.8 Å².